The van der Waals surface area contributed by atoms with Crippen molar-refractivity contribution in [2.75, 3.05) is 20.3 Å². The molecule has 1 aromatic heterocycles. The molecule has 0 unspecified atom stereocenters. The lowest BCUT2D eigenvalue weighted by Crippen LogP contribution is -2.39. The lowest BCUT2D eigenvalue weighted by Gasteiger charge is -2.24. The quantitative estimate of drug-likeness (QED) is 0.434. The first-order valence-electron chi connectivity index (χ1n) is 11.3. The minimum atomic E-state index is -0.712. The van der Waals surface area contributed by atoms with Crippen LogP contribution in [-0.2, 0) is 9.53 Å². The smallest absolute Gasteiger partial charge is 0.338 e. The maximum atomic E-state index is 13.7. The minimum Gasteiger partial charge on any atom is -0.504 e. The first kappa shape index (κ1) is 25.7. The van der Waals surface area contributed by atoms with Crippen LogP contribution in [0.25, 0.3) is 6.08 Å². The predicted molar refractivity (Wildman–Crippen MR) is 140 cm³/mol. The van der Waals surface area contributed by atoms with Gasteiger partial charge in [0.05, 0.1) is 42.2 Å². The number of phenols is 1. The van der Waals surface area contributed by atoms with E-state index in [2.05, 4.69) is 20.9 Å². The molecular formula is C26H25BrN2O6S. The third-order valence-corrected chi connectivity index (χ3v) is 7.28. The third kappa shape index (κ3) is 4.83. The molecule has 188 valence electrons. The summed E-state index contributed by atoms with van der Waals surface area (Å²) in [5.74, 6) is 0.439. The molecule has 2 aromatic carbocycles. The zero-order valence-corrected chi connectivity index (χ0v) is 22.6. The number of methoxy groups -OCH3 is 1. The number of phenolic OH excluding ortho intramolecular Hbond substituents is 1. The van der Waals surface area contributed by atoms with Crippen LogP contribution in [-0.4, -0.2) is 36.0 Å². The van der Waals surface area contributed by atoms with E-state index < -0.39 is 12.0 Å². The van der Waals surface area contributed by atoms with Gasteiger partial charge in [-0.25, -0.2) is 9.79 Å². The van der Waals surface area contributed by atoms with Crippen molar-refractivity contribution < 1.29 is 24.1 Å². The van der Waals surface area contributed by atoms with Crippen molar-refractivity contribution in [3.63, 3.8) is 0 Å². The number of hydrogen-bond donors (Lipinski definition) is 1. The summed E-state index contributed by atoms with van der Waals surface area (Å²) >= 11 is 4.65. The molecule has 8 nitrogen and oxygen atoms in total. The number of aromatic hydroxyl groups is 1. The zero-order valence-electron chi connectivity index (χ0n) is 20.2. The Balaban J connectivity index is 1.93. The van der Waals surface area contributed by atoms with Gasteiger partial charge in [0.2, 0.25) is 0 Å². The van der Waals surface area contributed by atoms with Gasteiger partial charge in [0.25, 0.3) is 5.56 Å². The van der Waals surface area contributed by atoms with Gasteiger partial charge < -0.3 is 19.3 Å². The number of aromatic nitrogens is 1. The van der Waals surface area contributed by atoms with E-state index in [0.29, 0.717) is 43.0 Å². The Bertz CT molecular complexity index is 1520. The summed E-state index contributed by atoms with van der Waals surface area (Å²) in [6.07, 6.45) is 1.70. The molecule has 1 aliphatic heterocycles. The average Bonchev–Trinajstić information content (AvgIpc) is 3.15. The second-order valence-corrected chi connectivity index (χ2v) is 9.71. The number of halogens is 1. The summed E-state index contributed by atoms with van der Waals surface area (Å²) in [7, 11) is 1.46. The number of esters is 1. The SMILES string of the molecule is CCOC(=O)C1=C(C)N=c2s/c(=C\c3cc(OC)c(O)cc3Br)c(=O)n2[C@H]1c1ccc(OCC)cc1. The van der Waals surface area contributed by atoms with E-state index in [-0.39, 0.29) is 23.7 Å². The first-order valence-corrected chi connectivity index (χ1v) is 12.9. The second kappa shape index (κ2) is 10.7. The van der Waals surface area contributed by atoms with Gasteiger partial charge in [-0.1, -0.05) is 39.4 Å². The second-order valence-electron chi connectivity index (χ2n) is 7.85. The largest absolute Gasteiger partial charge is 0.504 e. The maximum absolute atomic E-state index is 13.7. The topological polar surface area (TPSA) is 99.4 Å². The predicted octanol–water partition coefficient (Wildman–Crippen LogP) is 3.67. The van der Waals surface area contributed by atoms with Crippen molar-refractivity contribution in [1.82, 2.24) is 4.57 Å². The normalized spacial score (nSPS) is 15.4. The fourth-order valence-electron chi connectivity index (χ4n) is 3.99. The van der Waals surface area contributed by atoms with Gasteiger partial charge in [-0.15, -0.1) is 0 Å². The van der Waals surface area contributed by atoms with Crippen LogP contribution >= 0.6 is 27.3 Å². The molecule has 1 aliphatic rings. The van der Waals surface area contributed by atoms with E-state index in [1.807, 2.05) is 31.2 Å². The number of benzene rings is 2. The van der Waals surface area contributed by atoms with Gasteiger partial charge in [-0.2, -0.15) is 0 Å². The van der Waals surface area contributed by atoms with Crippen molar-refractivity contribution in [1.29, 1.82) is 0 Å². The Morgan fingerprint density at radius 2 is 1.94 bits per heavy atom. The highest BCUT2D eigenvalue weighted by atomic mass is 79.9. The zero-order chi connectivity index (χ0) is 26.0. The summed E-state index contributed by atoms with van der Waals surface area (Å²) in [6.45, 7) is 6.11. The van der Waals surface area contributed by atoms with Crippen LogP contribution in [0.1, 0.15) is 37.9 Å². The average molecular weight is 573 g/mol. The molecule has 10 heteroatoms. The molecule has 0 fully saturated rings. The van der Waals surface area contributed by atoms with Gasteiger partial charge in [-0.05, 0) is 62.2 Å². The molecule has 0 radical (unpaired) electrons. The Labute approximate surface area is 219 Å². The third-order valence-electron chi connectivity index (χ3n) is 5.61. The Hall–Kier alpha value is -3.37. The molecule has 0 spiro atoms. The van der Waals surface area contributed by atoms with Gasteiger partial charge >= 0.3 is 5.97 Å². The molecule has 0 bridgehead atoms. The van der Waals surface area contributed by atoms with E-state index in [1.165, 1.54) is 29.1 Å². The molecule has 2 heterocycles. The highest BCUT2D eigenvalue weighted by molar-refractivity contribution is 9.10. The van der Waals surface area contributed by atoms with E-state index in [9.17, 15) is 14.7 Å². The Kier molecular flexibility index (Phi) is 7.65. The fourth-order valence-corrected chi connectivity index (χ4v) is 5.48. The van der Waals surface area contributed by atoms with E-state index in [1.54, 1.807) is 26.0 Å². The lowest BCUT2D eigenvalue weighted by molar-refractivity contribution is -0.139. The molecule has 1 N–H and O–H groups in total. The molecule has 4 rings (SSSR count). The van der Waals surface area contributed by atoms with Gasteiger partial charge in [-0.3, -0.25) is 9.36 Å². The van der Waals surface area contributed by atoms with Crippen LogP contribution < -0.4 is 24.4 Å². The first-order chi connectivity index (χ1) is 17.3. The number of fused-ring (bicyclic) bond motifs is 1. The van der Waals surface area contributed by atoms with Gasteiger partial charge in [0.15, 0.2) is 16.3 Å². The van der Waals surface area contributed by atoms with E-state index in [0.717, 1.165) is 5.56 Å². The maximum Gasteiger partial charge on any atom is 0.338 e. The van der Waals surface area contributed by atoms with E-state index in [4.69, 9.17) is 14.2 Å². The van der Waals surface area contributed by atoms with Crippen molar-refractivity contribution in [3.8, 4) is 17.2 Å². The standard InChI is InChI=1S/C26H25BrN2O6S/c1-5-34-17-9-7-15(8-10-17)23-22(25(32)35-6-2)14(3)28-26-29(23)24(31)21(36-26)12-16-11-20(33-4)19(30)13-18(16)27/h7-13,23,30H,5-6H2,1-4H3/b21-12-/t23-/m0/s1. The summed E-state index contributed by atoms with van der Waals surface area (Å²) in [5, 5.41) is 10.0. The minimum absolute atomic E-state index is 0.0202. The number of rotatable bonds is 7. The summed E-state index contributed by atoms with van der Waals surface area (Å²) < 4.78 is 18.6. The molecule has 3 aromatic rings. The Morgan fingerprint density at radius 1 is 1.22 bits per heavy atom. The lowest BCUT2D eigenvalue weighted by atomic mass is 9.96. The fraction of sp³-hybridized carbons (Fsp3) is 0.269. The summed E-state index contributed by atoms with van der Waals surface area (Å²) in [5.41, 5.74) is 1.88. The molecule has 1 atom stereocenters. The van der Waals surface area contributed by atoms with Crippen molar-refractivity contribution >= 4 is 39.3 Å². The molecule has 0 aliphatic carbocycles. The van der Waals surface area contributed by atoms with Crippen LogP contribution in [0.15, 0.2) is 61.9 Å². The van der Waals surface area contributed by atoms with Crippen molar-refractivity contribution in [3.05, 3.63) is 83.0 Å². The van der Waals surface area contributed by atoms with Gasteiger partial charge in [0, 0.05) is 4.47 Å². The summed E-state index contributed by atoms with van der Waals surface area (Å²) in [6, 6.07) is 9.73. The highest BCUT2D eigenvalue weighted by Gasteiger charge is 2.33. The van der Waals surface area contributed by atoms with Crippen LogP contribution in [0, 0.1) is 0 Å². The van der Waals surface area contributed by atoms with E-state index >= 15 is 0 Å². The van der Waals surface area contributed by atoms with Crippen LogP contribution in [0.3, 0.4) is 0 Å². The number of nitrogens with zero attached hydrogens (tertiary/aromatic N) is 2. The summed E-state index contributed by atoms with van der Waals surface area (Å²) in [4.78, 5) is 31.8. The van der Waals surface area contributed by atoms with Gasteiger partial charge in [0.1, 0.15) is 5.75 Å². The highest BCUT2D eigenvalue weighted by Crippen LogP contribution is 2.33. The molecular weight excluding hydrogens is 548 g/mol. The number of hydrogen-bond acceptors (Lipinski definition) is 8. The van der Waals surface area contributed by atoms with Crippen LogP contribution in [0.5, 0.6) is 17.2 Å². The number of allylic oxidation sites excluding steroid dienone is 1. The molecule has 36 heavy (non-hydrogen) atoms. The molecule has 0 amide bonds. The number of ether oxygens (including phenoxy) is 3. The van der Waals surface area contributed by atoms with Crippen LogP contribution in [0.2, 0.25) is 0 Å². The van der Waals surface area contributed by atoms with Crippen molar-refractivity contribution in [2.24, 2.45) is 4.99 Å². The molecule has 0 saturated carbocycles. The monoisotopic (exact) mass is 572 g/mol. The number of carbonyl (C=O) groups is 1. The molecule has 0 saturated heterocycles. The Morgan fingerprint density at radius 3 is 2.58 bits per heavy atom. The van der Waals surface area contributed by atoms with Crippen LogP contribution in [0.4, 0.5) is 0 Å². The number of carbonyl (C=O) groups excluding carboxylic acids is 1. The van der Waals surface area contributed by atoms with Crippen molar-refractivity contribution in [2.45, 2.75) is 26.8 Å². The number of thiazole rings is 1.